The molecule has 0 fully saturated rings. The summed E-state index contributed by atoms with van der Waals surface area (Å²) >= 11 is 0. The second-order valence-corrected chi connectivity index (χ2v) is 4.69. The molecular formula is C13H22N6. The molecule has 0 aromatic carbocycles. The van der Waals surface area contributed by atoms with E-state index >= 15 is 0 Å². The number of hydrogen-bond donors (Lipinski definition) is 1. The van der Waals surface area contributed by atoms with Gasteiger partial charge in [-0.25, -0.2) is 4.68 Å². The highest BCUT2D eigenvalue weighted by Crippen LogP contribution is 2.21. The van der Waals surface area contributed by atoms with Gasteiger partial charge in [0.2, 0.25) is 0 Å². The summed E-state index contributed by atoms with van der Waals surface area (Å²) in [4.78, 5) is 0. The highest BCUT2D eigenvalue weighted by Gasteiger charge is 2.19. The highest BCUT2D eigenvalue weighted by atomic mass is 15.5. The molecule has 19 heavy (non-hydrogen) atoms. The number of rotatable bonds is 5. The third-order valence-electron chi connectivity index (χ3n) is 3.37. The maximum absolute atomic E-state index is 6.10. The fourth-order valence-electron chi connectivity index (χ4n) is 2.27. The van der Waals surface area contributed by atoms with Gasteiger partial charge in [0.05, 0.1) is 23.6 Å². The molecule has 2 aromatic heterocycles. The molecule has 0 bridgehead atoms. The summed E-state index contributed by atoms with van der Waals surface area (Å²) in [6.07, 6.45) is 4.57. The predicted molar refractivity (Wildman–Crippen MR) is 74.1 cm³/mol. The van der Waals surface area contributed by atoms with Gasteiger partial charge in [-0.3, -0.25) is 4.68 Å². The van der Waals surface area contributed by atoms with Crippen molar-refractivity contribution in [1.82, 2.24) is 24.8 Å². The molecular weight excluding hydrogens is 240 g/mol. The van der Waals surface area contributed by atoms with Crippen molar-refractivity contribution < 1.29 is 0 Å². The number of nitrogens with two attached hydrogens (primary N) is 1. The van der Waals surface area contributed by atoms with E-state index in [0.29, 0.717) is 0 Å². The van der Waals surface area contributed by atoms with Gasteiger partial charge in [0.25, 0.3) is 0 Å². The van der Waals surface area contributed by atoms with Crippen molar-refractivity contribution in [3.05, 3.63) is 23.3 Å². The van der Waals surface area contributed by atoms with Crippen molar-refractivity contribution in [2.45, 2.75) is 46.1 Å². The Morgan fingerprint density at radius 3 is 2.58 bits per heavy atom. The third kappa shape index (κ3) is 2.40. The van der Waals surface area contributed by atoms with Crippen LogP contribution in [0.5, 0.6) is 0 Å². The van der Waals surface area contributed by atoms with E-state index in [1.807, 2.05) is 22.6 Å². The Balaban J connectivity index is 2.53. The molecule has 0 radical (unpaired) electrons. The Bertz CT molecular complexity index is 553. The summed E-state index contributed by atoms with van der Waals surface area (Å²) in [6.45, 7) is 6.25. The standard InChI is InChI=1S/C13H22N6/c1-5-9(14)13-11(7-3)19(17-15-13)12-8-18(4)16-10(12)6-2/h8-9H,5-7,14H2,1-4H3. The van der Waals surface area contributed by atoms with Gasteiger partial charge in [-0.1, -0.05) is 26.0 Å². The number of aryl methyl sites for hydroxylation is 2. The van der Waals surface area contributed by atoms with E-state index in [-0.39, 0.29) is 6.04 Å². The molecule has 2 rings (SSSR count). The maximum Gasteiger partial charge on any atom is 0.108 e. The predicted octanol–water partition coefficient (Wildman–Crippen LogP) is 1.54. The van der Waals surface area contributed by atoms with Gasteiger partial charge in [0.1, 0.15) is 11.4 Å². The van der Waals surface area contributed by atoms with Crippen LogP contribution in [0.15, 0.2) is 6.20 Å². The first-order valence-electron chi connectivity index (χ1n) is 6.85. The van der Waals surface area contributed by atoms with Crippen molar-refractivity contribution in [3.8, 4) is 5.69 Å². The summed E-state index contributed by atoms with van der Waals surface area (Å²) < 4.78 is 3.70. The summed E-state index contributed by atoms with van der Waals surface area (Å²) in [5.74, 6) is 0. The quantitative estimate of drug-likeness (QED) is 0.886. The number of nitrogens with zero attached hydrogens (tertiary/aromatic N) is 5. The lowest BCUT2D eigenvalue weighted by Gasteiger charge is -2.09. The van der Waals surface area contributed by atoms with E-state index in [4.69, 9.17) is 5.73 Å². The Labute approximate surface area is 113 Å². The summed E-state index contributed by atoms with van der Waals surface area (Å²) in [7, 11) is 1.92. The Hall–Kier alpha value is -1.69. The van der Waals surface area contributed by atoms with Crippen molar-refractivity contribution in [1.29, 1.82) is 0 Å². The highest BCUT2D eigenvalue weighted by molar-refractivity contribution is 5.36. The molecule has 0 aliphatic carbocycles. The normalized spacial score (nSPS) is 12.9. The zero-order valence-corrected chi connectivity index (χ0v) is 12.1. The summed E-state index contributed by atoms with van der Waals surface area (Å²) in [5.41, 5.74) is 10.1. The fourth-order valence-corrected chi connectivity index (χ4v) is 2.27. The van der Waals surface area contributed by atoms with Crippen LogP contribution in [-0.4, -0.2) is 24.8 Å². The fraction of sp³-hybridized carbons (Fsp3) is 0.615. The largest absolute Gasteiger partial charge is 0.323 e. The van der Waals surface area contributed by atoms with Gasteiger partial charge in [0.15, 0.2) is 0 Å². The SMILES string of the molecule is CCc1nn(C)cc1-n1nnc(C(N)CC)c1CC. The molecule has 0 aliphatic heterocycles. The van der Waals surface area contributed by atoms with E-state index in [1.54, 1.807) is 0 Å². The first-order chi connectivity index (χ1) is 9.12. The maximum atomic E-state index is 6.10. The van der Waals surface area contributed by atoms with Crippen molar-refractivity contribution in [3.63, 3.8) is 0 Å². The van der Waals surface area contributed by atoms with E-state index in [2.05, 4.69) is 36.2 Å². The van der Waals surface area contributed by atoms with Crippen LogP contribution in [0.1, 0.15) is 50.3 Å². The van der Waals surface area contributed by atoms with Crippen LogP contribution in [0.3, 0.4) is 0 Å². The molecule has 6 heteroatoms. The lowest BCUT2D eigenvalue weighted by Crippen LogP contribution is -2.12. The average Bonchev–Trinajstić information content (AvgIpc) is 2.99. The molecule has 2 heterocycles. The van der Waals surface area contributed by atoms with Crippen LogP contribution in [0.2, 0.25) is 0 Å². The molecule has 0 amide bonds. The van der Waals surface area contributed by atoms with Crippen molar-refractivity contribution in [2.24, 2.45) is 12.8 Å². The Morgan fingerprint density at radius 1 is 1.26 bits per heavy atom. The van der Waals surface area contributed by atoms with E-state index < -0.39 is 0 Å². The minimum Gasteiger partial charge on any atom is -0.323 e. The van der Waals surface area contributed by atoms with Gasteiger partial charge in [0, 0.05) is 7.05 Å². The molecule has 2 aromatic rings. The zero-order valence-electron chi connectivity index (χ0n) is 12.1. The van der Waals surface area contributed by atoms with Crippen LogP contribution in [-0.2, 0) is 19.9 Å². The summed E-state index contributed by atoms with van der Waals surface area (Å²) in [6, 6.07) is -0.0505. The van der Waals surface area contributed by atoms with Gasteiger partial charge in [-0.05, 0) is 19.3 Å². The molecule has 1 atom stereocenters. The lowest BCUT2D eigenvalue weighted by molar-refractivity contribution is 0.665. The van der Waals surface area contributed by atoms with Gasteiger partial charge in [-0.2, -0.15) is 5.10 Å². The molecule has 1 unspecified atom stereocenters. The average molecular weight is 262 g/mol. The van der Waals surface area contributed by atoms with Crippen LogP contribution in [0.25, 0.3) is 5.69 Å². The Kier molecular flexibility index (Phi) is 3.99. The first kappa shape index (κ1) is 13.7. The minimum atomic E-state index is -0.0505. The van der Waals surface area contributed by atoms with Crippen molar-refractivity contribution >= 4 is 0 Å². The monoisotopic (exact) mass is 262 g/mol. The molecule has 6 nitrogen and oxygen atoms in total. The van der Waals surface area contributed by atoms with E-state index in [1.165, 1.54) is 0 Å². The van der Waals surface area contributed by atoms with Crippen molar-refractivity contribution in [2.75, 3.05) is 0 Å². The first-order valence-corrected chi connectivity index (χ1v) is 6.85. The Morgan fingerprint density at radius 2 is 2.00 bits per heavy atom. The van der Waals surface area contributed by atoms with Crippen LogP contribution < -0.4 is 5.73 Å². The lowest BCUT2D eigenvalue weighted by atomic mass is 10.1. The van der Waals surface area contributed by atoms with E-state index in [0.717, 1.165) is 42.0 Å². The van der Waals surface area contributed by atoms with Gasteiger partial charge >= 0.3 is 0 Å². The van der Waals surface area contributed by atoms with Gasteiger partial charge < -0.3 is 5.73 Å². The van der Waals surface area contributed by atoms with Crippen LogP contribution >= 0.6 is 0 Å². The molecule has 0 aliphatic rings. The number of hydrogen-bond acceptors (Lipinski definition) is 4. The van der Waals surface area contributed by atoms with Crippen LogP contribution in [0, 0.1) is 0 Å². The van der Waals surface area contributed by atoms with Gasteiger partial charge in [-0.15, -0.1) is 5.10 Å². The smallest absolute Gasteiger partial charge is 0.108 e. The second-order valence-electron chi connectivity index (χ2n) is 4.69. The second kappa shape index (κ2) is 5.52. The third-order valence-corrected chi connectivity index (χ3v) is 3.37. The molecule has 104 valence electrons. The molecule has 2 N–H and O–H groups in total. The molecule has 0 spiro atoms. The summed E-state index contributed by atoms with van der Waals surface area (Å²) in [5, 5.41) is 13.0. The zero-order chi connectivity index (χ0) is 14.0. The van der Waals surface area contributed by atoms with E-state index in [9.17, 15) is 0 Å². The minimum absolute atomic E-state index is 0.0505. The molecule has 0 saturated heterocycles. The number of aromatic nitrogens is 5. The molecule has 0 saturated carbocycles. The topological polar surface area (TPSA) is 74.5 Å². The van der Waals surface area contributed by atoms with Crippen LogP contribution in [0.4, 0.5) is 0 Å².